The zero-order chi connectivity index (χ0) is 26.5. The summed E-state index contributed by atoms with van der Waals surface area (Å²) >= 11 is 0. The number of hydrogen-bond donors (Lipinski definition) is 1. The molecule has 1 heterocycles. The number of esters is 1. The molecule has 1 aliphatic heterocycles. The van der Waals surface area contributed by atoms with Crippen molar-refractivity contribution in [2.75, 3.05) is 11.9 Å². The van der Waals surface area contributed by atoms with Gasteiger partial charge in [0.25, 0.3) is 5.91 Å². The topological polar surface area (TPSA) is 75.7 Å². The Morgan fingerprint density at radius 3 is 2.41 bits per heavy atom. The second kappa shape index (κ2) is 11.2. The van der Waals surface area contributed by atoms with E-state index in [9.17, 15) is 14.4 Å². The predicted octanol–water partition coefficient (Wildman–Crippen LogP) is 5.91. The van der Waals surface area contributed by atoms with Crippen LogP contribution < -0.4 is 5.32 Å². The Labute approximate surface area is 218 Å². The van der Waals surface area contributed by atoms with Crippen LogP contribution in [0.3, 0.4) is 0 Å². The summed E-state index contributed by atoms with van der Waals surface area (Å²) in [6, 6.07) is 22.6. The van der Waals surface area contributed by atoms with Crippen LogP contribution in [-0.4, -0.2) is 29.3 Å². The highest BCUT2D eigenvalue weighted by Gasteiger charge is 2.37. The van der Waals surface area contributed by atoms with Crippen LogP contribution in [-0.2, 0) is 20.9 Å². The maximum Gasteiger partial charge on any atom is 0.336 e. The van der Waals surface area contributed by atoms with E-state index in [1.807, 2.05) is 68.4 Å². The van der Waals surface area contributed by atoms with E-state index in [0.29, 0.717) is 22.5 Å². The molecule has 0 spiro atoms. The highest BCUT2D eigenvalue weighted by atomic mass is 16.5. The van der Waals surface area contributed by atoms with Crippen molar-refractivity contribution in [1.29, 1.82) is 0 Å². The molecule has 6 nitrogen and oxygen atoms in total. The van der Waals surface area contributed by atoms with Crippen molar-refractivity contribution >= 4 is 23.5 Å². The number of carbonyl (C=O) groups excluding carboxylic acids is 3. The van der Waals surface area contributed by atoms with Gasteiger partial charge < -0.3 is 15.0 Å². The molecule has 0 saturated heterocycles. The number of ether oxygens (including phenoxy) is 1. The molecule has 4 rings (SSSR count). The van der Waals surface area contributed by atoms with Crippen molar-refractivity contribution in [3.05, 3.63) is 112 Å². The van der Waals surface area contributed by atoms with Crippen molar-refractivity contribution in [3.8, 4) is 0 Å². The highest BCUT2D eigenvalue weighted by molar-refractivity contribution is 6.04. The van der Waals surface area contributed by atoms with Crippen LogP contribution in [0.4, 0.5) is 5.69 Å². The van der Waals surface area contributed by atoms with Crippen LogP contribution in [0.15, 0.2) is 84.1 Å². The molecule has 190 valence electrons. The normalized spacial score (nSPS) is 15.5. The Bertz CT molecular complexity index is 1360. The van der Waals surface area contributed by atoms with Gasteiger partial charge in [0.05, 0.1) is 18.7 Å². The zero-order valence-electron chi connectivity index (χ0n) is 21.7. The second-order valence-corrected chi connectivity index (χ2v) is 9.33. The van der Waals surface area contributed by atoms with Crippen molar-refractivity contribution < 1.29 is 19.1 Å². The predicted molar refractivity (Wildman–Crippen MR) is 144 cm³/mol. The van der Waals surface area contributed by atoms with E-state index in [1.165, 1.54) is 0 Å². The minimum Gasteiger partial charge on any atom is -0.463 e. The fourth-order valence-electron chi connectivity index (χ4n) is 4.75. The Kier molecular flexibility index (Phi) is 7.87. The number of carbonyl (C=O) groups is 3. The van der Waals surface area contributed by atoms with E-state index in [-0.39, 0.29) is 37.3 Å². The van der Waals surface area contributed by atoms with Gasteiger partial charge in [-0.3, -0.25) is 9.59 Å². The van der Waals surface area contributed by atoms with Crippen LogP contribution in [0, 0.1) is 13.8 Å². The maximum absolute atomic E-state index is 13.4. The molecule has 0 aromatic heterocycles. The van der Waals surface area contributed by atoms with E-state index >= 15 is 0 Å². The largest absolute Gasteiger partial charge is 0.463 e. The van der Waals surface area contributed by atoms with Crippen LogP contribution >= 0.6 is 0 Å². The summed E-state index contributed by atoms with van der Waals surface area (Å²) in [5.74, 6) is -1.07. The summed E-state index contributed by atoms with van der Waals surface area (Å²) in [7, 11) is 0. The van der Waals surface area contributed by atoms with Gasteiger partial charge in [0, 0.05) is 29.3 Å². The Morgan fingerprint density at radius 1 is 0.973 bits per heavy atom. The van der Waals surface area contributed by atoms with Gasteiger partial charge in [-0.1, -0.05) is 54.1 Å². The lowest BCUT2D eigenvalue weighted by Gasteiger charge is -2.35. The molecule has 1 N–H and O–H groups in total. The van der Waals surface area contributed by atoms with Gasteiger partial charge in [0.1, 0.15) is 0 Å². The Hall–Kier alpha value is -4.19. The minimum absolute atomic E-state index is 0.0756. The fourth-order valence-corrected chi connectivity index (χ4v) is 4.75. The SMILES string of the molecule is CCOC(=O)C1=C(C)N(Cc2cccc(C(=O)Nc3ccc(C)cc3)c2)C(=O)CC1c1ccccc1C. The van der Waals surface area contributed by atoms with Crippen molar-refractivity contribution in [2.45, 2.75) is 46.6 Å². The molecular formula is C31H32N2O4. The van der Waals surface area contributed by atoms with Crippen molar-refractivity contribution in [2.24, 2.45) is 0 Å². The van der Waals surface area contributed by atoms with E-state index in [0.717, 1.165) is 22.3 Å². The lowest BCUT2D eigenvalue weighted by Crippen LogP contribution is -2.38. The molecule has 1 atom stereocenters. The molecule has 3 aromatic rings. The highest BCUT2D eigenvalue weighted by Crippen LogP contribution is 2.39. The molecule has 6 heteroatoms. The van der Waals surface area contributed by atoms with Crippen LogP contribution in [0.5, 0.6) is 0 Å². The molecule has 1 unspecified atom stereocenters. The number of hydrogen-bond acceptors (Lipinski definition) is 4. The maximum atomic E-state index is 13.4. The number of nitrogens with one attached hydrogen (secondary N) is 1. The third kappa shape index (κ3) is 5.80. The molecule has 0 radical (unpaired) electrons. The third-order valence-electron chi connectivity index (χ3n) is 6.72. The second-order valence-electron chi connectivity index (χ2n) is 9.33. The number of nitrogens with zero attached hydrogens (tertiary/aromatic N) is 1. The lowest BCUT2D eigenvalue weighted by atomic mass is 9.81. The number of benzene rings is 3. The Balaban J connectivity index is 1.62. The molecule has 0 bridgehead atoms. The number of amides is 2. The van der Waals surface area contributed by atoms with E-state index in [4.69, 9.17) is 4.74 Å². The van der Waals surface area contributed by atoms with Crippen LogP contribution in [0.25, 0.3) is 0 Å². The molecule has 0 aliphatic carbocycles. The molecule has 0 saturated carbocycles. The number of anilines is 1. The average molecular weight is 497 g/mol. The van der Waals surface area contributed by atoms with Crippen LogP contribution in [0.1, 0.15) is 58.8 Å². The number of allylic oxidation sites excluding steroid dienone is 1. The summed E-state index contributed by atoms with van der Waals surface area (Å²) in [4.78, 5) is 40.9. The van der Waals surface area contributed by atoms with Gasteiger partial charge in [0.15, 0.2) is 0 Å². The van der Waals surface area contributed by atoms with Gasteiger partial charge in [-0.05, 0) is 68.7 Å². The lowest BCUT2D eigenvalue weighted by molar-refractivity contribution is -0.140. The third-order valence-corrected chi connectivity index (χ3v) is 6.72. The van der Waals surface area contributed by atoms with Gasteiger partial charge in [-0.15, -0.1) is 0 Å². The summed E-state index contributed by atoms with van der Waals surface area (Å²) in [6.45, 7) is 8.04. The summed E-state index contributed by atoms with van der Waals surface area (Å²) < 4.78 is 5.40. The van der Waals surface area contributed by atoms with Gasteiger partial charge in [-0.2, -0.15) is 0 Å². The molecular weight excluding hydrogens is 464 g/mol. The van der Waals surface area contributed by atoms with Gasteiger partial charge >= 0.3 is 5.97 Å². The van der Waals surface area contributed by atoms with Crippen LogP contribution in [0.2, 0.25) is 0 Å². The average Bonchev–Trinajstić information content (AvgIpc) is 2.88. The smallest absolute Gasteiger partial charge is 0.336 e. The molecule has 3 aromatic carbocycles. The van der Waals surface area contributed by atoms with Crippen molar-refractivity contribution in [3.63, 3.8) is 0 Å². The quantitative estimate of drug-likeness (QED) is 0.413. The summed E-state index contributed by atoms with van der Waals surface area (Å²) in [5.41, 5.74) is 6.17. The number of rotatable bonds is 7. The number of aryl methyl sites for hydroxylation is 2. The standard InChI is InChI=1S/C31H32N2O4/c1-5-37-31(36)29-22(4)33(28(34)18-27(29)26-12-7-6-9-21(26)3)19-23-10-8-11-24(17-23)30(35)32-25-15-13-20(2)14-16-25/h6-17,27H,5,18-19H2,1-4H3,(H,32,35). The fraction of sp³-hybridized carbons (Fsp3) is 0.258. The molecule has 0 fully saturated rings. The first-order valence-corrected chi connectivity index (χ1v) is 12.5. The zero-order valence-corrected chi connectivity index (χ0v) is 21.7. The minimum atomic E-state index is -0.406. The van der Waals surface area contributed by atoms with E-state index in [1.54, 1.807) is 36.9 Å². The molecule has 2 amide bonds. The molecule has 37 heavy (non-hydrogen) atoms. The van der Waals surface area contributed by atoms with E-state index < -0.39 is 5.97 Å². The first-order chi connectivity index (χ1) is 17.8. The summed E-state index contributed by atoms with van der Waals surface area (Å²) in [6.07, 6.45) is 0.171. The van der Waals surface area contributed by atoms with E-state index in [2.05, 4.69) is 5.32 Å². The first-order valence-electron chi connectivity index (χ1n) is 12.5. The first kappa shape index (κ1) is 25.9. The monoisotopic (exact) mass is 496 g/mol. The summed E-state index contributed by atoms with van der Waals surface area (Å²) in [5, 5.41) is 2.91. The Morgan fingerprint density at radius 2 is 1.70 bits per heavy atom. The van der Waals surface area contributed by atoms with Crippen molar-refractivity contribution in [1.82, 2.24) is 4.90 Å². The molecule has 1 aliphatic rings. The van der Waals surface area contributed by atoms with Gasteiger partial charge in [-0.25, -0.2) is 4.79 Å². The van der Waals surface area contributed by atoms with Gasteiger partial charge in [0.2, 0.25) is 5.91 Å².